The third-order valence-corrected chi connectivity index (χ3v) is 5.71. The van der Waals surface area contributed by atoms with Gasteiger partial charge in [-0.1, -0.05) is 47.5 Å². The molecule has 1 aromatic heterocycles. The number of sulfonamides is 1. The number of hydrogen-bond donors (Lipinski definition) is 1. The van der Waals surface area contributed by atoms with Crippen molar-refractivity contribution in [3.05, 3.63) is 70.6 Å². The van der Waals surface area contributed by atoms with Crippen LogP contribution in [0, 0.1) is 0 Å². The van der Waals surface area contributed by atoms with Gasteiger partial charge >= 0.3 is 0 Å². The summed E-state index contributed by atoms with van der Waals surface area (Å²) in [5, 5.41) is 0.745. The minimum absolute atomic E-state index is 0.0988. The summed E-state index contributed by atoms with van der Waals surface area (Å²) < 4.78 is 25.9. The van der Waals surface area contributed by atoms with Crippen molar-refractivity contribution in [3.63, 3.8) is 0 Å². The molecule has 1 N–H and O–H groups in total. The zero-order chi connectivity index (χ0) is 18.0. The third-order valence-electron chi connectivity index (χ3n) is 3.71. The molecule has 1 heterocycles. The third kappa shape index (κ3) is 3.98. The minimum Gasteiger partial charge on any atom is -0.345 e. The molecule has 0 radical (unpaired) electrons. The van der Waals surface area contributed by atoms with Crippen molar-refractivity contribution in [2.45, 2.75) is 6.54 Å². The topological polar surface area (TPSA) is 66.1 Å². The lowest BCUT2D eigenvalue weighted by atomic mass is 10.1. The largest absolute Gasteiger partial charge is 0.345 e. The number of rotatable bonds is 5. The number of benzene rings is 2. The van der Waals surface area contributed by atoms with Crippen molar-refractivity contribution in [2.24, 2.45) is 0 Å². The van der Waals surface area contributed by atoms with Crippen LogP contribution in [0.25, 0.3) is 11.3 Å². The quantitative estimate of drug-likeness (QED) is 0.697. The number of anilines is 1. The van der Waals surface area contributed by atoms with E-state index in [2.05, 4.69) is 9.97 Å². The molecular weight excluding hydrogens is 381 g/mol. The fourth-order valence-electron chi connectivity index (χ4n) is 2.45. The summed E-state index contributed by atoms with van der Waals surface area (Å²) in [6, 6.07) is 12.3. The van der Waals surface area contributed by atoms with Gasteiger partial charge in [-0.25, -0.2) is 13.4 Å². The number of imidazole rings is 1. The Hall–Kier alpha value is -2.02. The van der Waals surface area contributed by atoms with Crippen molar-refractivity contribution < 1.29 is 8.42 Å². The lowest BCUT2D eigenvalue weighted by molar-refractivity contribution is 0.596. The van der Waals surface area contributed by atoms with Gasteiger partial charge in [0.2, 0.25) is 10.0 Å². The molecule has 25 heavy (non-hydrogen) atoms. The second-order valence-corrected chi connectivity index (χ2v) is 8.19. The van der Waals surface area contributed by atoms with E-state index in [1.807, 2.05) is 12.1 Å². The van der Waals surface area contributed by atoms with Gasteiger partial charge in [-0.2, -0.15) is 0 Å². The van der Waals surface area contributed by atoms with Crippen LogP contribution < -0.4 is 4.31 Å². The highest BCUT2D eigenvalue weighted by atomic mass is 35.5. The average Bonchev–Trinajstić information content (AvgIpc) is 3.10. The Morgan fingerprint density at radius 3 is 2.44 bits per heavy atom. The zero-order valence-corrected chi connectivity index (χ0v) is 15.6. The molecule has 0 fully saturated rings. The van der Waals surface area contributed by atoms with Crippen LogP contribution in [0.5, 0.6) is 0 Å². The molecular formula is C17H15Cl2N3O2S. The lowest BCUT2D eigenvalue weighted by Gasteiger charge is -2.23. The van der Waals surface area contributed by atoms with E-state index in [4.69, 9.17) is 23.2 Å². The Balaban J connectivity index is 1.95. The second-order valence-electron chi connectivity index (χ2n) is 5.49. The molecule has 0 aliphatic heterocycles. The Labute approximate surface area is 156 Å². The molecule has 8 heteroatoms. The summed E-state index contributed by atoms with van der Waals surface area (Å²) in [4.78, 5) is 6.99. The molecule has 130 valence electrons. The number of H-pyrrole nitrogens is 1. The smallest absolute Gasteiger partial charge is 0.232 e. The normalized spacial score (nSPS) is 11.5. The van der Waals surface area contributed by atoms with E-state index in [0.717, 1.165) is 17.5 Å². The Kier molecular flexibility index (Phi) is 5.03. The van der Waals surface area contributed by atoms with E-state index in [0.29, 0.717) is 21.3 Å². The highest BCUT2D eigenvalue weighted by molar-refractivity contribution is 7.92. The number of aromatic amines is 1. The van der Waals surface area contributed by atoms with Crippen molar-refractivity contribution in [2.75, 3.05) is 10.6 Å². The van der Waals surface area contributed by atoms with Crippen LogP contribution in [0.1, 0.15) is 5.56 Å². The van der Waals surface area contributed by atoms with Gasteiger partial charge in [0.1, 0.15) is 0 Å². The van der Waals surface area contributed by atoms with E-state index >= 15 is 0 Å². The van der Waals surface area contributed by atoms with Gasteiger partial charge in [0, 0.05) is 0 Å². The summed E-state index contributed by atoms with van der Waals surface area (Å²) in [6.45, 7) is 0.0988. The highest BCUT2D eigenvalue weighted by Crippen LogP contribution is 2.30. The summed E-state index contributed by atoms with van der Waals surface area (Å²) >= 11 is 12.2. The fourth-order valence-corrected chi connectivity index (χ4v) is 3.70. The molecule has 0 spiro atoms. The predicted molar refractivity (Wildman–Crippen MR) is 102 cm³/mol. The first-order valence-electron chi connectivity index (χ1n) is 7.35. The van der Waals surface area contributed by atoms with Gasteiger partial charge < -0.3 is 4.98 Å². The van der Waals surface area contributed by atoms with E-state index in [-0.39, 0.29) is 6.54 Å². The van der Waals surface area contributed by atoms with Gasteiger partial charge in [0.25, 0.3) is 0 Å². The molecule has 0 atom stereocenters. The Bertz CT molecular complexity index is 972. The molecule has 0 saturated carbocycles. The number of aromatic nitrogens is 2. The van der Waals surface area contributed by atoms with Gasteiger partial charge in [0.15, 0.2) is 0 Å². The lowest BCUT2D eigenvalue weighted by Crippen LogP contribution is -2.29. The first-order chi connectivity index (χ1) is 11.9. The highest BCUT2D eigenvalue weighted by Gasteiger charge is 2.20. The molecule has 0 bridgehead atoms. The maximum absolute atomic E-state index is 12.3. The molecule has 3 aromatic rings. The molecule has 0 unspecified atom stereocenters. The molecule has 0 amide bonds. The van der Waals surface area contributed by atoms with E-state index in [9.17, 15) is 8.42 Å². The Morgan fingerprint density at radius 1 is 1.12 bits per heavy atom. The van der Waals surface area contributed by atoms with Crippen LogP contribution >= 0.6 is 23.2 Å². The molecule has 5 nitrogen and oxygen atoms in total. The predicted octanol–water partition coefficient (Wildman–Crippen LogP) is 4.35. The second kappa shape index (κ2) is 7.07. The number of hydrogen-bond acceptors (Lipinski definition) is 3. The standard InChI is InChI=1S/C17H15Cl2N3O2S/c1-25(23,24)22(10-13-3-2-4-15(18)17(13)19)14-7-5-12(6-8-14)16-9-20-11-21-16/h2-9,11H,10H2,1H3,(H,20,21). The number of nitrogens with zero attached hydrogens (tertiary/aromatic N) is 2. The van der Waals surface area contributed by atoms with Gasteiger partial charge in [0.05, 0.1) is 46.8 Å². The van der Waals surface area contributed by atoms with Crippen molar-refractivity contribution in [1.29, 1.82) is 0 Å². The zero-order valence-electron chi connectivity index (χ0n) is 13.3. The van der Waals surface area contributed by atoms with Gasteiger partial charge in [-0.3, -0.25) is 4.31 Å². The molecule has 3 rings (SSSR count). The van der Waals surface area contributed by atoms with E-state index in [1.54, 1.807) is 42.9 Å². The van der Waals surface area contributed by atoms with Crippen LogP contribution in [0.15, 0.2) is 55.0 Å². The first kappa shape index (κ1) is 17.8. The summed E-state index contributed by atoms with van der Waals surface area (Å²) in [6.07, 6.45) is 4.45. The maximum Gasteiger partial charge on any atom is 0.232 e. The van der Waals surface area contributed by atoms with Crippen molar-refractivity contribution in [3.8, 4) is 11.3 Å². The van der Waals surface area contributed by atoms with Crippen LogP contribution in [-0.2, 0) is 16.6 Å². The minimum atomic E-state index is -3.50. The molecule has 0 saturated heterocycles. The van der Waals surface area contributed by atoms with Crippen LogP contribution in [0.2, 0.25) is 10.0 Å². The molecule has 0 aliphatic rings. The summed E-state index contributed by atoms with van der Waals surface area (Å²) in [7, 11) is -3.50. The van der Waals surface area contributed by atoms with Gasteiger partial charge in [-0.15, -0.1) is 0 Å². The maximum atomic E-state index is 12.3. The van der Waals surface area contributed by atoms with E-state index in [1.165, 1.54) is 4.31 Å². The van der Waals surface area contributed by atoms with Crippen LogP contribution in [-0.4, -0.2) is 24.6 Å². The average molecular weight is 396 g/mol. The van der Waals surface area contributed by atoms with Crippen molar-refractivity contribution in [1.82, 2.24) is 9.97 Å². The number of nitrogens with one attached hydrogen (secondary N) is 1. The van der Waals surface area contributed by atoms with Crippen LogP contribution in [0.4, 0.5) is 5.69 Å². The SMILES string of the molecule is CS(=O)(=O)N(Cc1cccc(Cl)c1Cl)c1ccc(-c2cnc[nH]2)cc1. The monoisotopic (exact) mass is 395 g/mol. The van der Waals surface area contributed by atoms with Crippen molar-refractivity contribution >= 4 is 38.9 Å². The van der Waals surface area contributed by atoms with Crippen LogP contribution in [0.3, 0.4) is 0 Å². The number of halogens is 2. The molecule has 0 aliphatic carbocycles. The van der Waals surface area contributed by atoms with E-state index < -0.39 is 10.0 Å². The molecule has 2 aromatic carbocycles. The fraction of sp³-hybridized carbons (Fsp3) is 0.118. The summed E-state index contributed by atoms with van der Waals surface area (Å²) in [5.74, 6) is 0. The Morgan fingerprint density at radius 2 is 1.84 bits per heavy atom. The first-order valence-corrected chi connectivity index (χ1v) is 9.96. The van der Waals surface area contributed by atoms with Gasteiger partial charge in [-0.05, 0) is 29.3 Å². The summed E-state index contributed by atoms with van der Waals surface area (Å²) in [5.41, 5.74) is 2.95.